The molecule has 8 heteroatoms. The van der Waals surface area contributed by atoms with E-state index in [-0.39, 0.29) is 12.2 Å². The van der Waals surface area contributed by atoms with Gasteiger partial charge in [0, 0.05) is 6.54 Å². The molecule has 148 valence electrons. The molecule has 0 unspecified atom stereocenters. The number of ether oxygens (including phenoxy) is 3. The number of fused-ring (bicyclic) bond motifs is 2. The lowest BCUT2D eigenvalue weighted by Gasteiger charge is -2.23. The number of rotatable bonds is 4. The largest absolute Gasteiger partial charge is 0.364 e. The van der Waals surface area contributed by atoms with E-state index >= 15 is 0 Å². The quantitative estimate of drug-likeness (QED) is 0.684. The van der Waals surface area contributed by atoms with Gasteiger partial charge in [0.15, 0.2) is 29.0 Å². The predicted molar refractivity (Wildman–Crippen MR) is 106 cm³/mol. The van der Waals surface area contributed by atoms with Crippen molar-refractivity contribution < 1.29 is 14.2 Å². The summed E-state index contributed by atoms with van der Waals surface area (Å²) in [6.07, 6.45) is 7.18. The van der Waals surface area contributed by atoms with Gasteiger partial charge in [0.2, 0.25) is 0 Å². The van der Waals surface area contributed by atoms with Crippen LogP contribution in [0.25, 0.3) is 11.2 Å². The molecule has 4 heterocycles. The molecule has 0 aliphatic carbocycles. The standard InChI is InChI=1S/C21H21N5O3/c1-4-14-16-17(29-21(2,3)28-16)20(27-14)26-12-25-15-18(23-11-24-19(15)26)22-10-13-8-6-5-7-9-13/h1,5-9,11-12,14,16-17,20H,10H2,2-3H3,(H,22,23,24)/t14-,16-,17-,20-/m1/s1. The van der Waals surface area contributed by atoms with Gasteiger partial charge in [0.05, 0.1) is 6.33 Å². The molecule has 2 aliphatic heterocycles. The monoisotopic (exact) mass is 391 g/mol. The summed E-state index contributed by atoms with van der Waals surface area (Å²) in [5.41, 5.74) is 2.45. The molecule has 2 fully saturated rings. The molecule has 2 aromatic heterocycles. The second-order valence-corrected chi connectivity index (χ2v) is 7.56. The third-order valence-electron chi connectivity index (χ3n) is 5.13. The highest BCUT2D eigenvalue weighted by molar-refractivity contribution is 5.82. The summed E-state index contributed by atoms with van der Waals surface area (Å²) in [5, 5.41) is 3.33. The summed E-state index contributed by atoms with van der Waals surface area (Å²) in [7, 11) is 0. The number of benzene rings is 1. The Morgan fingerprint density at radius 1 is 1.14 bits per heavy atom. The van der Waals surface area contributed by atoms with Gasteiger partial charge in [0.25, 0.3) is 0 Å². The van der Waals surface area contributed by atoms with Crippen molar-refractivity contribution >= 4 is 17.0 Å². The zero-order valence-corrected chi connectivity index (χ0v) is 16.1. The highest BCUT2D eigenvalue weighted by atomic mass is 16.8. The van der Waals surface area contributed by atoms with E-state index in [1.165, 1.54) is 6.33 Å². The van der Waals surface area contributed by atoms with E-state index in [0.29, 0.717) is 23.5 Å². The van der Waals surface area contributed by atoms with Crippen LogP contribution >= 0.6 is 0 Å². The van der Waals surface area contributed by atoms with E-state index in [0.717, 1.165) is 5.56 Å². The third kappa shape index (κ3) is 3.13. The van der Waals surface area contributed by atoms with Gasteiger partial charge in [-0.15, -0.1) is 6.42 Å². The minimum Gasteiger partial charge on any atom is -0.364 e. The lowest BCUT2D eigenvalue weighted by Crippen LogP contribution is -2.28. The van der Waals surface area contributed by atoms with Gasteiger partial charge in [-0.25, -0.2) is 15.0 Å². The van der Waals surface area contributed by atoms with E-state index < -0.39 is 18.1 Å². The molecule has 8 nitrogen and oxygen atoms in total. The van der Waals surface area contributed by atoms with Crippen molar-refractivity contribution in [3.63, 3.8) is 0 Å². The molecule has 29 heavy (non-hydrogen) atoms. The lowest BCUT2D eigenvalue weighted by atomic mass is 10.1. The number of hydrogen-bond acceptors (Lipinski definition) is 7. The van der Waals surface area contributed by atoms with Gasteiger partial charge in [-0.1, -0.05) is 36.3 Å². The molecule has 1 N–H and O–H groups in total. The summed E-state index contributed by atoms with van der Waals surface area (Å²) < 4.78 is 19.9. The minimum atomic E-state index is -0.722. The van der Waals surface area contributed by atoms with Gasteiger partial charge in [0.1, 0.15) is 24.6 Å². The van der Waals surface area contributed by atoms with Crippen molar-refractivity contribution in [3.05, 3.63) is 48.5 Å². The second-order valence-electron chi connectivity index (χ2n) is 7.56. The van der Waals surface area contributed by atoms with E-state index in [4.69, 9.17) is 20.6 Å². The van der Waals surface area contributed by atoms with Crippen molar-refractivity contribution in [2.45, 2.75) is 50.7 Å². The van der Waals surface area contributed by atoms with Crippen molar-refractivity contribution in [3.8, 4) is 12.3 Å². The number of imidazole rings is 1. The summed E-state index contributed by atoms with van der Waals surface area (Å²) in [5.74, 6) is 2.59. The van der Waals surface area contributed by atoms with Crippen LogP contribution in [0.3, 0.4) is 0 Å². The van der Waals surface area contributed by atoms with Crippen molar-refractivity contribution in [1.29, 1.82) is 0 Å². The number of terminal acetylenes is 1. The average molecular weight is 391 g/mol. The Kier molecular flexibility index (Phi) is 4.24. The molecule has 4 atom stereocenters. The van der Waals surface area contributed by atoms with Gasteiger partial charge in [-0.05, 0) is 19.4 Å². The predicted octanol–water partition coefficient (Wildman–Crippen LogP) is 2.49. The fraction of sp³-hybridized carbons (Fsp3) is 0.381. The minimum absolute atomic E-state index is 0.338. The molecule has 0 amide bonds. The zero-order chi connectivity index (χ0) is 20.0. The van der Waals surface area contributed by atoms with Crippen LogP contribution in [-0.2, 0) is 20.8 Å². The van der Waals surface area contributed by atoms with Crippen molar-refractivity contribution in [1.82, 2.24) is 19.5 Å². The zero-order valence-electron chi connectivity index (χ0n) is 16.1. The molecular formula is C21H21N5O3. The fourth-order valence-electron chi connectivity index (χ4n) is 3.88. The summed E-state index contributed by atoms with van der Waals surface area (Å²) in [6, 6.07) is 10.1. The smallest absolute Gasteiger partial charge is 0.167 e. The Balaban J connectivity index is 1.45. The Labute approximate surface area is 168 Å². The van der Waals surface area contributed by atoms with Crippen LogP contribution < -0.4 is 5.32 Å². The maximum absolute atomic E-state index is 6.08. The van der Waals surface area contributed by atoms with Gasteiger partial charge in [-0.2, -0.15) is 0 Å². The lowest BCUT2D eigenvalue weighted by molar-refractivity contribution is -0.190. The molecule has 2 aliphatic rings. The van der Waals surface area contributed by atoms with E-state index in [2.05, 4.69) is 38.3 Å². The van der Waals surface area contributed by atoms with Crippen LogP contribution in [-0.4, -0.2) is 43.6 Å². The summed E-state index contributed by atoms with van der Waals surface area (Å²) >= 11 is 0. The van der Waals surface area contributed by atoms with Crippen LogP contribution in [0.4, 0.5) is 5.82 Å². The molecule has 5 rings (SSSR count). The molecule has 0 bridgehead atoms. The Morgan fingerprint density at radius 2 is 1.93 bits per heavy atom. The van der Waals surface area contributed by atoms with E-state index in [9.17, 15) is 0 Å². The Morgan fingerprint density at radius 3 is 2.72 bits per heavy atom. The van der Waals surface area contributed by atoms with Crippen LogP contribution in [0.2, 0.25) is 0 Å². The SMILES string of the molecule is C#C[C@H]1O[C@@H](n2cnc3c(NCc4ccccc4)ncnc32)[C@@H]2OC(C)(C)O[C@@H]21. The highest BCUT2D eigenvalue weighted by Crippen LogP contribution is 2.43. The molecule has 0 spiro atoms. The third-order valence-corrected chi connectivity index (χ3v) is 5.13. The average Bonchev–Trinajstić information content (AvgIpc) is 3.37. The summed E-state index contributed by atoms with van der Waals surface area (Å²) in [6.45, 7) is 4.38. The van der Waals surface area contributed by atoms with Crippen LogP contribution in [0.1, 0.15) is 25.6 Å². The first kappa shape index (κ1) is 18.1. The number of aromatic nitrogens is 4. The first-order valence-electron chi connectivity index (χ1n) is 9.48. The van der Waals surface area contributed by atoms with E-state index in [1.54, 1.807) is 6.33 Å². The second kappa shape index (κ2) is 6.81. The highest BCUT2D eigenvalue weighted by Gasteiger charge is 2.55. The normalized spacial score (nSPS) is 27.6. The van der Waals surface area contributed by atoms with Crippen molar-refractivity contribution in [2.24, 2.45) is 0 Å². The fourth-order valence-corrected chi connectivity index (χ4v) is 3.88. The van der Waals surface area contributed by atoms with E-state index in [1.807, 2.05) is 36.6 Å². The topological polar surface area (TPSA) is 83.3 Å². The molecular weight excluding hydrogens is 370 g/mol. The van der Waals surface area contributed by atoms with Gasteiger partial charge >= 0.3 is 0 Å². The number of nitrogens with one attached hydrogen (secondary N) is 1. The number of anilines is 1. The first-order chi connectivity index (χ1) is 14.1. The summed E-state index contributed by atoms with van der Waals surface area (Å²) in [4.78, 5) is 13.3. The maximum atomic E-state index is 6.08. The van der Waals surface area contributed by atoms with Crippen LogP contribution in [0.5, 0.6) is 0 Å². The van der Waals surface area contributed by atoms with Crippen LogP contribution in [0.15, 0.2) is 43.0 Å². The van der Waals surface area contributed by atoms with Crippen LogP contribution in [0, 0.1) is 12.3 Å². The molecule has 2 saturated heterocycles. The molecule has 3 aromatic rings. The molecule has 1 aromatic carbocycles. The maximum Gasteiger partial charge on any atom is 0.167 e. The molecule has 0 radical (unpaired) electrons. The van der Waals surface area contributed by atoms with Crippen molar-refractivity contribution in [2.75, 3.05) is 5.32 Å². The molecule has 0 saturated carbocycles. The van der Waals surface area contributed by atoms with Gasteiger partial charge < -0.3 is 19.5 Å². The number of hydrogen-bond donors (Lipinski definition) is 1. The Bertz CT molecular complexity index is 1070. The number of nitrogens with zero attached hydrogens (tertiary/aromatic N) is 4. The van der Waals surface area contributed by atoms with Gasteiger partial charge in [-0.3, -0.25) is 4.57 Å². The first-order valence-corrected chi connectivity index (χ1v) is 9.48. The Hall–Kier alpha value is -2.99.